The lowest BCUT2D eigenvalue weighted by molar-refractivity contribution is -0.136. The van der Waals surface area contributed by atoms with Crippen LogP contribution in [0.5, 0.6) is 0 Å². The highest BCUT2D eigenvalue weighted by Gasteiger charge is 2.39. The summed E-state index contributed by atoms with van der Waals surface area (Å²) in [4.78, 5) is 40.7. The van der Waals surface area contributed by atoms with Crippen LogP contribution in [0.15, 0.2) is 42.5 Å². The Morgan fingerprint density at radius 2 is 1.72 bits per heavy atom. The third kappa shape index (κ3) is 4.07. The first-order chi connectivity index (χ1) is 15.5. The number of piperidine rings is 2. The van der Waals surface area contributed by atoms with Crippen molar-refractivity contribution in [2.24, 2.45) is 0 Å². The second-order valence-electron chi connectivity index (χ2n) is 9.35. The van der Waals surface area contributed by atoms with Gasteiger partial charge < -0.3 is 4.90 Å². The second-order valence-corrected chi connectivity index (χ2v) is 9.35. The minimum atomic E-state index is -0.555. The number of carbonyl (C=O) groups excluding carboxylic acids is 3. The summed E-state index contributed by atoms with van der Waals surface area (Å²) in [5, 5.41) is 2.36. The number of amides is 3. The Labute approximate surface area is 188 Å². The Kier molecular flexibility index (Phi) is 5.55. The molecule has 0 aliphatic carbocycles. The van der Waals surface area contributed by atoms with E-state index in [9.17, 15) is 14.4 Å². The summed E-state index contributed by atoms with van der Waals surface area (Å²) in [5.74, 6) is -0.224. The number of nitrogens with one attached hydrogen (secondary N) is 1. The molecule has 0 spiro atoms. The van der Waals surface area contributed by atoms with Gasteiger partial charge in [-0.3, -0.25) is 24.6 Å². The zero-order chi connectivity index (χ0) is 22.2. The number of benzene rings is 2. The first-order valence-corrected chi connectivity index (χ1v) is 11.5. The summed E-state index contributed by atoms with van der Waals surface area (Å²) in [6.45, 7) is 5.69. The van der Waals surface area contributed by atoms with Gasteiger partial charge >= 0.3 is 0 Å². The Balaban J connectivity index is 1.22. The Hall–Kier alpha value is -2.99. The molecule has 2 aromatic rings. The highest BCUT2D eigenvalue weighted by molar-refractivity contribution is 6.05. The molecule has 32 heavy (non-hydrogen) atoms. The molecule has 3 aliphatic heterocycles. The fourth-order valence-corrected chi connectivity index (χ4v) is 5.22. The lowest BCUT2D eigenvalue weighted by Crippen LogP contribution is -2.52. The van der Waals surface area contributed by atoms with Gasteiger partial charge in [-0.1, -0.05) is 42.0 Å². The monoisotopic (exact) mass is 431 g/mol. The molecule has 1 unspecified atom stereocenters. The number of hydrogen-bond acceptors (Lipinski definition) is 4. The Morgan fingerprint density at radius 1 is 0.969 bits per heavy atom. The highest BCUT2D eigenvalue weighted by atomic mass is 16.2. The van der Waals surface area contributed by atoms with Crippen LogP contribution < -0.4 is 5.32 Å². The lowest BCUT2D eigenvalue weighted by atomic mass is 9.87. The molecule has 2 fully saturated rings. The van der Waals surface area contributed by atoms with Crippen molar-refractivity contribution in [3.05, 3.63) is 70.3 Å². The van der Waals surface area contributed by atoms with Gasteiger partial charge in [0.1, 0.15) is 6.04 Å². The van der Waals surface area contributed by atoms with E-state index in [4.69, 9.17) is 0 Å². The van der Waals surface area contributed by atoms with Gasteiger partial charge in [-0.25, -0.2) is 0 Å². The minimum absolute atomic E-state index is 0.103. The summed E-state index contributed by atoms with van der Waals surface area (Å²) < 4.78 is 0. The van der Waals surface area contributed by atoms with Crippen molar-refractivity contribution in [2.45, 2.75) is 57.7 Å². The summed E-state index contributed by atoms with van der Waals surface area (Å²) in [6, 6.07) is 14.4. The molecule has 0 bridgehead atoms. The van der Waals surface area contributed by atoms with Crippen LogP contribution in [0.1, 0.15) is 64.2 Å². The largest absolute Gasteiger partial charge is 0.322 e. The molecule has 6 heteroatoms. The molecule has 3 heterocycles. The van der Waals surface area contributed by atoms with Crippen LogP contribution in [0.25, 0.3) is 0 Å². The van der Waals surface area contributed by atoms with Crippen LogP contribution in [0.4, 0.5) is 0 Å². The fraction of sp³-hybridized carbons (Fsp3) is 0.423. The predicted octanol–water partition coefficient (Wildman–Crippen LogP) is 3.14. The van der Waals surface area contributed by atoms with Crippen LogP contribution in [-0.4, -0.2) is 46.7 Å². The molecule has 166 valence electrons. The van der Waals surface area contributed by atoms with Gasteiger partial charge in [0.05, 0.1) is 0 Å². The standard InChI is InChI=1S/C26H29N3O3/c1-17-2-4-18(5-3-17)15-28-12-10-19(11-13-28)20-6-7-22-21(14-20)16-29(26(22)32)23-8-9-24(30)27-25(23)31/h2-7,14,19,23H,8-13,15-16H2,1H3,(H,27,30,31). The predicted molar refractivity (Wildman–Crippen MR) is 121 cm³/mol. The smallest absolute Gasteiger partial charge is 0.255 e. The van der Waals surface area contributed by atoms with Crippen LogP contribution >= 0.6 is 0 Å². The number of aryl methyl sites for hydroxylation is 1. The molecule has 3 aliphatic rings. The molecule has 1 N–H and O–H groups in total. The van der Waals surface area contributed by atoms with Crippen LogP contribution in [-0.2, 0) is 22.7 Å². The summed E-state index contributed by atoms with van der Waals surface area (Å²) in [7, 11) is 0. The second kappa shape index (κ2) is 8.51. The first-order valence-electron chi connectivity index (χ1n) is 11.5. The van der Waals surface area contributed by atoms with E-state index in [0.717, 1.165) is 38.0 Å². The van der Waals surface area contributed by atoms with Gasteiger partial charge in [-0.15, -0.1) is 0 Å². The third-order valence-electron chi connectivity index (χ3n) is 7.13. The summed E-state index contributed by atoms with van der Waals surface area (Å²) in [6.07, 6.45) is 2.89. The molecule has 1 atom stereocenters. The van der Waals surface area contributed by atoms with Crippen molar-refractivity contribution in [1.29, 1.82) is 0 Å². The van der Waals surface area contributed by atoms with Crippen molar-refractivity contribution in [3.8, 4) is 0 Å². The molecule has 0 aromatic heterocycles. The maximum absolute atomic E-state index is 12.9. The average Bonchev–Trinajstić information content (AvgIpc) is 3.11. The number of fused-ring (bicyclic) bond motifs is 1. The fourth-order valence-electron chi connectivity index (χ4n) is 5.22. The summed E-state index contributed by atoms with van der Waals surface area (Å²) in [5.41, 5.74) is 5.63. The van der Waals surface area contributed by atoms with Gasteiger partial charge in [0, 0.05) is 25.1 Å². The molecule has 5 rings (SSSR count). The van der Waals surface area contributed by atoms with Crippen LogP contribution in [0.3, 0.4) is 0 Å². The van der Waals surface area contributed by atoms with Gasteiger partial charge in [0.15, 0.2) is 0 Å². The topological polar surface area (TPSA) is 69.7 Å². The summed E-state index contributed by atoms with van der Waals surface area (Å²) >= 11 is 0. The van der Waals surface area contributed by atoms with Gasteiger partial charge in [-0.05, 0) is 68.0 Å². The molecule has 2 aromatic carbocycles. The van der Waals surface area contributed by atoms with E-state index in [1.165, 1.54) is 16.7 Å². The van der Waals surface area contributed by atoms with E-state index in [1.807, 2.05) is 6.07 Å². The van der Waals surface area contributed by atoms with E-state index in [2.05, 4.69) is 53.5 Å². The molecular formula is C26H29N3O3. The number of imide groups is 1. The number of rotatable bonds is 4. The molecule has 0 radical (unpaired) electrons. The maximum Gasteiger partial charge on any atom is 0.255 e. The highest BCUT2D eigenvalue weighted by Crippen LogP contribution is 2.33. The normalized spacial score (nSPS) is 22.2. The van der Waals surface area contributed by atoms with Crippen LogP contribution in [0, 0.1) is 6.92 Å². The van der Waals surface area contributed by atoms with E-state index in [0.29, 0.717) is 24.4 Å². The van der Waals surface area contributed by atoms with Gasteiger partial charge in [0.2, 0.25) is 11.8 Å². The zero-order valence-corrected chi connectivity index (χ0v) is 18.5. The number of carbonyl (C=O) groups is 3. The van der Waals surface area contributed by atoms with E-state index < -0.39 is 6.04 Å². The first kappa shape index (κ1) is 20.9. The lowest BCUT2D eigenvalue weighted by Gasteiger charge is -2.32. The third-order valence-corrected chi connectivity index (χ3v) is 7.13. The van der Waals surface area contributed by atoms with Crippen molar-refractivity contribution < 1.29 is 14.4 Å². The Bertz CT molecular complexity index is 1050. The maximum atomic E-state index is 12.9. The number of nitrogens with zero attached hydrogens (tertiary/aromatic N) is 2. The van der Waals surface area contributed by atoms with E-state index in [-0.39, 0.29) is 24.1 Å². The van der Waals surface area contributed by atoms with E-state index >= 15 is 0 Å². The molecule has 3 amide bonds. The van der Waals surface area contributed by atoms with Crippen molar-refractivity contribution >= 4 is 17.7 Å². The average molecular weight is 432 g/mol. The van der Waals surface area contributed by atoms with Crippen LogP contribution in [0.2, 0.25) is 0 Å². The van der Waals surface area contributed by atoms with Crippen molar-refractivity contribution in [3.63, 3.8) is 0 Å². The molecule has 2 saturated heterocycles. The number of hydrogen-bond donors (Lipinski definition) is 1. The van der Waals surface area contributed by atoms with Gasteiger partial charge in [-0.2, -0.15) is 0 Å². The molecule has 0 saturated carbocycles. The van der Waals surface area contributed by atoms with E-state index in [1.54, 1.807) is 4.90 Å². The minimum Gasteiger partial charge on any atom is -0.322 e. The number of likely N-dealkylation sites (tertiary alicyclic amines) is 1. The van der Waals surface area contributed by atoms with Crippen molar-refractivity contribution in [2.75, 3.05) is 13.1 Å². The Morgan fingerprint density at radius 3 is 2.44 bits per heavy atom. The van der Waals surface area contributed by atoms with Crippen molar-refractivity contribution in [1.82, 2.24) is 15.1 Å². The molecular weight excluding hydrogens is 402 g/mol. The van der Waals surface area contributed by atoms with Gasteiger partial charge in [0.25, 0.3) is 5.91 Å². The molecule has 6 nitrogen and oxygen atoms in total. The quantitative estimate of drug-likeness (QED) is 0.755. The SMILES string of the molecule is Cc1ccc(CN2CCC(c3ccc4c(c3)CN(C3CCC(=O)NC3=O)C4=O)CC2)cc1. The zero-order valence-electron chi connectivity index (χ0n) is 18.5.